The maximum absolute atomic E-state index is 2.99. The molecule has 0 saturated carbocycles. The molecule has 0 amide bonds. The van der Waals surface area contributed by atoms with E-state index in [1.807, 2.05) is 11.8 Å². The minimum absolute atomic E-state index is 0.753. The molecule has 0 aromatic rings. The van der Waals surface area contributed by atoms with Crippen LogP contribution in [0.2, 0.25) is 0 Å². The molecule has 4 atom stereocenters. The Hall–Kier alpha value is 0.150. The average Bonchev–Trinajstić information content (AvgIpc) is 3.29. The van der Waals surface area contributed by atoms with Gasteiger partial charge in [0.15, 0.2) is 0 Å². The van der Waals surface area contributed by atoms with Gasteiger partial charge in [-0.2, -0.15) is 0 Å². The van der Waals surface area contributed by atoms with E-state index < -0.39 is 0 Å². The summed E-state index contributed by atoms with van der Waals surface area (Å²) in [6, 6.07) is 1.55. The fourth-order valence-electron chi connectivity index (χ4n) is 8.60. The summed E-state index contributed by atoms with van der Waals surface area (Å²) in [6.45, 7) is 30.1. The predicted octanol–water partition coefficient (Wildman–Crippen LogP) is 5.38. The summed E-state index contributed by atoms with van der Waals surface area (Å²) in [6.07, 6.45) is 9.47. The molecule has 228 valence electrons. The molecule has 0 aliphatic carbocycles. The highest BCUT2D eigenvalue weighted by atomic mass is 32.2. The molecule has 6 heteroatoms. The summed E-state index contributed by atoms with van der Waals surface area (Å²) in [7, 11) is 0. The Morgan fingerprint density at radius 1 is 0.667 bits per heavy atom. The van der Waals surface area contributed by atoms with Gasteiger partial charge in [-0.1, -0.05) is 41.5 Å². The first-order valence-electron chi connectivity index (χ1n) is 16.9. The van der Waals surface area contributed by atoms with Crippen LogP contribution >= 0.6 is 11.8 Å². The van der Waals surface area contributed by atoms with Crippen molar-refractivity contribution in [3.63, 3.8) is 0 Å². The largest absolute Gasteiger partial charge is 0.303 e. The van der Waals surface area contributed by atoms with Gasteiger partial charge in [0.2, 0.25) is 0 Å². The van der Waals surface area contributed by atoms with Crippen molar-refractivity contribution in [3.05, 3.63) is 0 Å². The third kappa shape index (κ3) is 9.58. The minimum Gasteiger partial charge on any atom is -0.303 e. The highest BCUT2D eigenvalue weighted by molar-refractivity contribution is 7.98. The molecule has 0 N–H and O–H groups in total. The molecule has 0 aromatic heterocycles. The van der Waals surface area contributed by atoms with E-state index in [2.05, 4.69) is 72.3 Å². The van der Waals surface area contributed by atoms with E-state index in [4.69, 9.17) is 0 Å². The number of hydrogen-bond acceptors (Lipinski definition) is 6. The number of thioether (sulfide) groups is 1. The van der Waals surface area contributed by atoms with Crippen LogP contribution in [0.3, 0.4) is 0 Å². The number of hydrogen-bond donors (Lipinski definition) is 0. The maximum atomic E-state index is 2.99. The van der Waals surface area contributed by atoms with E-state index in [1.165, 1.54) is 117 Å². The average molecular weight is 564 g/mol. The zero-order valence-electron chi connectivity index (χ0n) is 27.0. The van der Waals surface area contributed by atoms with Gasteiger partial charge in [-0.3, -0.25) is 14.7 Å². The Morgan fingerprint density at radius 2 is 1.28 bits per heavy atom. The molecule has 4 fully saturated rings. The summed E-state index contributed by atoms with van der Waals surface area (Å²) in [5.74, 6) is 6.26. The van der Waals surface area contributed by atoms with Crippen LogP contribution in [0.25, 0.3) is 0 Å². The van der Waals surface area contributed by atoms with Crippen LogP contribution in [-0.4, -0.2) is 127 Å². The lowest BCUT2D eigenvalue weighted by atomic mass is 9.73. The van der Waals surface area contributed by atoms with E-state index in [1.54, 1.807) is 0 Å². The molecule has 4 aliphatic heterocycles. The minimum atomic E-state index is 0.753. The van der Waals surface area contributed by atoms with Crippen LogP contribution in [-0.2, 0) is 0 Å². The van der Waals surface area contributed by atoms with E-state index >= 15 is 0 Å². The molecule has 0 aromatic carbocycles. The standard InChI is InChI=1S/C33H65N5S/c1-26(2)20-34-14-16-37(17-15-34)31-19-33(38(23-31)22-28(5)6)32-24-36(21-27(3)4)13-10-30(32)18-29-8-11-35(12-9-29)25-39-7/h26-33H,8-25H2,1-7H3/t30?,31-,32?,33?/m1/s1. The lowest BCUT2D eigenvalue weighted by molar-refractivity contribution is 0.0314. The first-order valence-corrected chi connectivity index (χ1v) is 18.2. The van der Waals surface area contributed by atoms with E-state index in [0.717, 1.165) is 47.6 Å². The first kappa shape index (κ1) is 32.1. The second kappa shape index (κ2) is 15.6. The number of rotatable bonds is 12. The Morgan fingerprint density at radius 3 is 1.90 bits per heavy atom. The summed E-state index contributed by atoms with van der Waals surface area (Å²) in [5.41, 5.74) is 0. The van der Waals surface area contributed by atoms with Gasteiger partial charge in [0.05, 0.1) is 0 Å². The Kier molecular flexibility index (Phi) is 12.8. The van der Waals surface area contributed by atoms with Crippen molar-refractivity contribution in [2.75, 3.05) is 90.7 Å². The molecule has 4 saturated heterocycles. The fraction of sp³-hybridized carbons (Fsp3) is 1.00. The molecule has 4 aliphatic rings. The lowest BCUT2D eigenvalue weighted by Gasteiger charge is -2.46. The van der Waals surface area contributed by atoms with Gasteiger partial charge >= 0.3 is 0 Å². The zero-order valence-corrected chi connectivity index (χ0v) is 27.8. The molecule has 4 heterocycles. The first-order chi connectivity index (χ1) is 18.7. The summed E-state index contributed by atoms with van der Waals surface area (Å²) in [5, 5.41) is 0. The van der Waals surface area contributed by atoms with Crippen molar-refractivity contribution in [3.8, 4) is 0 Å². The van der Waals surface area contributed by atoms with Gasteiger partial charge in [-0.05, 0) is 93.5 Å². The molecular formula is C33H65N5S. The van der Waals surface area contributed by atoms with Crippen molar-refractivity contribution in [1.29, 1.82) is 0 Å². The van der Waals surface area contributed by atoms with E-state index in [-0.39, 0.29) is 0 Å². The van der Waals surface area contributed by atoms with Crippen molar-refractivity contribution in [2.24, 2.45) is 35.5 Å². The van der Waals surface area contributed by atoms with Crippen molar-refractivity contribution < 1.29 is 0 Å². The SMILES string of the molecule is CSCN1CCC(CC2CCN(CC(C)C)CC2C2C[C@@H](N3CCN(CC(C)C)CC3)CN2CC(C)C)CC1. The van der Waals surface area contributed by atoms with Crippen molar-refractivity contribution >= 4 is 11.8 Å². The van der Waals surface area contributed by atoms with Gasteiger partial charge in [0.1, 0.15) is 0 Å². The Balaban J connectivity index is 1.43. The Labute approximate surface area is 247 Å². The van der Waals surface area contributed by atoms with Crippen LogP contribution in [0.4, 0.5) is 0 Å². The zero-order chi connectivity index (χ0) is 27.9. The summed E-state index contributed by atoms with van der Waals surface area (Å²) < 4.78 is 0. The Bertz CT molecular complexity index is 686. The number of piperidine rings is 2. The summed E-state index contributed by atoms with van der Waals surface area (Å²) >= 11 is 1.99. The molecule has 3 unspecified atom stereocenters. The maximum Gasteiger partial charge on any atom is 0.0441 e. The van der Waals surface area contributed by atoms with Crippen LogP contribution < -0.4 is 0 Å². The van der Waals surface area contributed by atoms with Gasteiger partial charge in [-0.15, -0.1) is 11.8 Å². The smallest absolute Gasteiger partial charge is 0.0441 e. The topological polar surface area (TPSA) is 16.2 Å². The quantitative estimate of drug-likeness (QED) is 0.315. The monoisotopic (exact) mass is 563 g/mol. The van der Waals surface area contributed by atoms with Crippen LogP contribution in [0.15, 0.2) is 0 Å². The van der Waals surface area contributed by atoms with Crippen LogP contribution in [0, 0.1) is 35.5 Å². The normalized spacial score (nSPS) is 31.8. The molecule has 5 nitrogen and oxygen atoms in total. The molecule has 0 bridgehead atoms. The van der Waals surface area contributed by atoms with Gasteiger partial charge in [-0.25, -0.2) is 0 Å². The number of nitrogens with zero attached hydrogens (tertiary/aromatic N) is 5. The summed E-state index contributed by atoms with van der Waals surface area (Å²) in [4.78, 5) is 14.2. The number of likely N-dealkylation sites (tertiary alicyclic amines) is 3. The molecule has 39 heavy (non-hydrogen) atoms. The second-order valence-electron chi connectivity index (χ2n) is 15.1. The third-order valence-corrected chi connectivity index (χ3v) is 10.9. The molecule has 0 radical (unpaired) electrons. The lowest BCUT2D eigenvalue weighted by Crippen LogP contribution is -2.51. The van der Waals surface area contributed by atoms with Crippen LogP contribution in [0.1, 0.15) is 73.6 Å². The third-order valence-electron chi connectivity index (χ3n) is 10.2. The number of piperazine rings is 1. The molecular weight excluding hydrogens is 498 g/mol. The van der Waals surface area contributed by atoms with Crippen molar-refractivity contribution in [1.82, 2.24) is 24.5 Å². The van der Waals surface area contributed by atoms with Gasteiger partial charge in [0.25, 0.3) is 0 Å². The van der Waals surface area contributed by atoms with Crippen molar-refractivity contribution in [2.45, 2.75) is 85.7 Å². The predicted molar refractivity (Wildman–Crippen MR) is 172 cm³/mol. The van der Waals surface area contributed by atoms with Crippen LogP contribution in [0.5, 0.6) is 0 Å². The van der Waals surface area contributed by atoms with E-state index in [9.17, 15) is 0 Å². The molecule has 4 rings (SSSR count). The van der Waals surface area contributed by atoms with Gasteiger partial charge in [0, 0.05) is 76.9 Å². The molecule has 0 spiro atoms. The van der Waals surface area contributed by atoms with E-state index in [0.29, 0.717) is 0 Å². The highest BCUT2D eigenvalue weighted by Crippen LogP contribution is 2.40. The second-order valence-corrected chi connectivity index (χ2v) is 16.0. The van der Waals surface area contributed by atoms with Gasteiger partial charge < -0.3 is 9.80 Å². The fourth-order valence-corrected chi connectivity index (χ4v) is 9.22. The highest BCUT2D eigenvalue weighted by Gasteiger charge is 2.45.